The highest BCUT2D eigenvalue weighted by molar-refractivity contribution is 6.00. The number of amides is 2. The zero-order valence-electron chi connectivity index (χ0n) is 20.9. The van der Waals surface area contributed by atoms with Gasteiger partial charge < -0.3 is 9.80 Å². The molecule has 34 heavy (non-hydrogen) atoms. The van der Waals surface area contributed by atoms with Crippen LogP contribution in [0, 0.1) is 11.8 Å². The number of nitrogens with one attached hydrogen (secondary N) is 2. The van der Waals surface area contributed by atoms with E-state index in [1.165, 1.54) is 0 Å². The number of rotatable bonds is 11. The zero-order valence-corrected chi connectivity index (χ0v) is 20.9. The molecule has 6 nitrogen and oxygen atoms in total. The maximum Gasteiger partial charge on any atom is 0.255 e. The van der Waals surface area contributed by atoms with Gasteiger partial charge >= 0.3 is 0 Å². The van der Waals surface area contributed by atoms with Crippen molar-refractivity contribution in [2.75, 3.05) is 26.2 Å². The highest BCUT2D eigenvalue weighted by Gasteiger charge is 2.39. The van der Waals surface area contributed by atoms with Crippen LogP contribution in [0.1, 0.15) is 84.7 Å². The number of carbonyl (C=O) groups is 2. The Morgan fingerprint density at radius 1 is 0.676 bits per heavy atom. The molecule has 2 amide bonds. The van der Waals surface area contributed by atoms with Gasteiger partial charge in [-0.15, -0.1) is 0 Å². The van der Waals surface area contributed by atoms with E-state index in [9.17, 15) is 9.59 Å². The van der Waals surface area contributed by atoms with Gasteiger partial charge in [0.15, 0.2) is 0 Å². The van der Waals surface area contributed by atoms with Gasteiger partial charge in [0, 0.05) is 35.3 Å². The lowest BCUT2D eigenvalue weighted by molar-refractivity contribution is 0.0561. The first kappa shape index (κ1) is 24.4. The van der Waals surface area contributed by atoms with Crippen LogP contribution in [0.4, 0.5) is 0 Å². The van der Waals surface area contributed by atoms with Crippen LogP contribution in [-0.4, -0.2) is 47.8 Å². The predicted octanol–water partition coefficient (Wildman–Crippen LogP) is 4.57. The lowest BCUT2D eigenvalue weighted by Gasteiger charge is -2.31. The van der Waals surface area contributed by atoms with Crippen LogP contribution in [0.5, 0.6) is 0 Å². The summed E-state index contributed by atoms with van der Waals surface area (Å²) >= 11 is 0. The molecular formula is C28H38N4O2. The van der Waals surface area contributed by atoms with Crippen LogP contribution < -0.4 is 10.6 Å². The summed E-state index contributed by atoms with van der Waals surface area (Å²) in [7, 11) is 0. The van der Waals surface area contributed by atoms with E-state index in [0.29, 0.717) is 24.9 Å². The van der Waals surface area contributed by atoms with E-state index in [-0.39, 0.29) is 24.1 Å². The van der Waals surface area contributed by atoms with Crippen molar-refractivity contribution in [2.24, 2.45) is 11.8 Å². The van der Waals surface area contributed by atoms with E-state index in [4.69, 9.17) is 0 Å². The van der Waals surface area contributed by atoms with Gasteiger partial charge in [-0.1, -0.05) is 64.1 Å². The molecule has 0 radical (unpaired) electrons. The van der Waals surface area contributed by atoms with Crippen LogP contribution in [0.2, 0.25) is 0 Å². The molecule has 0 fully saturated rings. The average molecular weight is 463 g/mol. The number of benzene rings is 2. The molecule has 182 valence electrons. The van der Waals surface area contributed by atoms with Gasteiger partial charge in [-0.25, -0.2) is 0 Å². The van der Waals surface area contributed by atoms with Gasteiger partial charge in [0.25, 0.3) is 11.8 Å². The minimum Gasteiger partial charge on any atom is -0.317 e. The number of carbonyl (C=O) groups excluding carboxylic acids is 2. The molecule has 0 saturated heterocycles. The summed E-state index contributed by atoms with van der Waals surface area (Å²) in [5.74, 6) is 1.25. The van der Waals surface area contributed by atoms with Crippen LogP contribution in [0.3, 0.4) is 0 Å². The Bertz CT molecular complexity index is 937. The molecule has 0 aliphatic carbocycles. The highest BCUT2D eigenvalue weighted by Crippen LogP contribution is 2.34. The molecule has 0 unspecified atom stereocenters. The van der Waals surface area contributed by atoms with Crippen LogP contribution in [0.15, 0.2) is 48.5 Å². The molecule has 0 bridgehead atoms. The minimum atomic E-state index is -0.158. The van der Waals surface area contributed by atoms with Crippen molar-refractivity contribution in [3.8, 4) is 0 Å². The van der Waals surface area contributed by atoms with Crippen LogP contribution in [0.25, 0.3) is 0 Å². The summed E-state index contributed by atoms with van der Waals surface area (Å²) in [6.45, 7) is 11.5. The summed E-state index contributed by atoms with van der Waals surface area (Å²) in [6, 6.07) is 15.7. The summed E-state index contributed by atoms with van der Waals surface area (Å²) in [5.41, 5.74) is 3.57. The van der Waals surface area contributed by atoms with Gasteiger partial charge in [0.05, 0.1) is 0 Å². The number of fused-ring (bicyclic) bond motifs is 2. The third kappa shape index (κ3) is 5.03. The molecular weight excluding hydrogens is 424 g/mol. The van der Waals surface area contributed by atoms with E-state index >= 15 is 0 Å². The molecule has 2 aliphatic heterocycles. The van der Waals surface area contributed by atoms with Crippen molar-refractivity contribution >= 4 is 11.8 Å². The average Bonchev–Trinajstić information content (AvgIpc) is 3.23. The monoisotopic (exact) mass is 462 g/mol. The van der Waals surface area contributed by atoms with Gasteiger partial charge in [0.2, 0.25) is 0 Å². The van der Waals surface area contributed by atoms with E-state index < -0.39 is 0 Å². The number of hydrogen-bond donors (Lipinski definition) is 2. The minimum absolute atomic E-state index is 0.0334. The smallest absolute Gasteiger partial charge is 0.255 e. The fourth-order valence-electron chi connectivity index (χ4n) is 4.87. The summed E-state index contributed by atoms with van der Waals surface area (Å²) in [6.07, 6.45) is 1.77. The van der Waals surface area contributed by atoms with Crippen molar-refractivity contribution < 1.29 is 9.59 Å². The Morgan fingerprint density at radius 3 is 1.44 bits per heavy atom. The van der Waals surface area contributed by atoms with Crippen LogP contribution in [-0.2, 0) is 0 Å². The lowest BCUT2D eigenvalue weighted by atomic mass is 10.1. The second kappa shape index (κ2) is 10.7. The molecule has 2 aliphatic rings. The summed E-state index contributed by atoms with van der Waals surface area (Å²) in [4.78, 5) is 30.4. The highest BCUT2D eigenvalue weighted by atomic mass is 16.2. The first-order valence-corrected chi connectivity index (χ1v) is 12.6. The normalized spacial score (nSPS) is 19.5. The maximum atomic E-state index is 13.3. The summed E-state index contributed by atoms with van der Waals surface area (Å²) in [5, 5.41) is 7.19. The number of nitrogens with zero attached hydrogens (tertiary/aromatic N) is 2. The van der Waals surface area contributed by atoms with Crippen LogP contribution >= 0.6 is 0 Å². The van der Waals surface area contributed by atoms with Crippen molar-refractivity contribution in [3.63, 3.8) is 0 Å². The van der Waals surface area contributed by atoms with Crippen molar-refractivity contribution in [1.29, 1.82) is 0 Å². The maximum absolute atomic E-state index is 13.3. The van der Waals surface area contributed by atoms with Gasteiger partial charge in [-0.05, 0) is 49.9 Å². The van der Waals surface area contributed by atoms with Crippen molar-refractivity contribution in [3.05, 3.63) is 70.8 Å². The molecule has 2 N–H and O–H groups in total. The summed E-state index contributed by atoms with van der Waals surface area (Å²) < 4.78 is 0. The topological polar surface area (TPSA) is 64.7 Å². The molecule has 2 aromatic carbocycles. The third-order valence-electron chi connectivity index (χ3n) is 6.82. The fourth-order valence-corrected chi connectivity index (χ4v) is 4.87. The lowest BCUT2D eigenvalue weighted by Crippen LogP contribution is -2.45. The predicted molar refractivity (Wildman–Crippen MR) is 135 cm³/mol. The van der Waals surface area contributed by atoms with E-state index in [2.05, 4.69) is 38.3 Å². The first-order valence-electron chi connectivity index (χ1n) is 12.6. The quantitative estimate of drug-likeness (QED) is 0.514. The SMILES string of the molecule is CC(C)CCN[C@@H]1c2ccccc2C(=O)N1CCN1C(=O)c2ccccc2[C@H]1NCCC(C)C. The second-order valence-electron chi connectivity index (χ2n) is 10.2. The Labute approximate surface area is 203 Å². The Balaban J connectivity index is 1.50. The van der Waals surface area contributed by atoms with Gasteiger partial charge in [-0.2, -0.15) is 0 Å². The Hall–Kier alpha value is -2.70. The Morgan fingerprint density at radius 2 is 1.06 bits per heavy atom. The Kier molecular flexibility index (Phi) is 7.69. The standard InChI is InChI=1S/C28H38N4O2/c1-19(2)13-15-29-25-21-9-5-7-11-23(21)27(33)31(25)17-18-32-26(30-16-14-20(3)4)22-10-6-8-12-24(22)28(32)34/h5-12,19-20,25-26,29-30H,13-18H2,1-4H3/t25-,26-/m0/s1. The molecule has 0 spiro atoms. The van der Waals surface area contributed by atoms with Gasteiger partial charge in [-0.3, -0.25) is 20.2 Å². The van der Waals surface area contributed by atoms with E-state index in [1.54, 1.807) is 0 Å². The van der Waals surface area contributed by atoms with Crippen molar-refractivity contribution in [1.82, 2.24) is 20.4 Å². The zero-order chi connectivity index (χ0) is 24.2. The van der Waals surface area contributed by atoms with Gasteiger partial charge in [0.1, 0.15) is 12.3 Å². The van der Waals surface area contributed by atoms with E-state index in [1.807, 2.05) is 58.3 Å². The van der Waals surface area contributed by atoms with Crippen molar-refractivity contribution in [2.45, 2.75) is 52.9 Å². The molecule has 2 atom stereocenters. The molecule has 0 aromatic heterocycles. The molecule has 0 saturated carbocycles. The number of hydrogen-bond acceptors (Lipinski definition) is 4. The molecule has 4 rings (SSSR count). The molecule has 6 heteroatoms. The first-order chi connectivity index (χ1) is 16.4. The second-order valence-corrected chi connectivity index (χ2v) is 10.2. The third-order valence-corrected chi connectivity index (χ3v) is 6.82. The van der Waals surface area contributed by atoms with E-state index in [0.717, 1.165) is 48.2 Å². The molecule has 2 aromatic rings. The molecule has 2 heterocycles. The largest absolute Gasteiger partial charge is 0.317 e. The fraction of sp³-hybridized carbons (Fsp3) is 0.500.